The second-order valence-corrected chi connectivity index (χ2v) is 1.33. The first-order valence-electron chi connectivity index (χ1n) is 2.84. The van der Waals surface area contributed by atoms with Crippen LogP contribution < -0.4 is 11.0 Å². The molecule has 0 unspecified atom stereocenters. The van der Waals surface area contributed by atoms with Crippen LogP contribution >= 0.6 is 0 Å². The molecule has 4 heteroatoms. The first-order valence-corrected chi connectivity index (χ1v) is 2.84. The fourth-order valence-corrected chi connectivity index (χ4v) is 0.258. The van der Waals surface area contributed by atoms with E-state index in [1.165, 1.54) is 0 Å². The summed E-state index contributed by atoms with van der Waals surface area (Å²) in [4.78, 5) is 8.84. The minimum absolute atomic E-state index is 1.57. The van der Waals surface area contributed by atoms with Crippen molar-refractivity contribution in [1.29, 1.82) is 0 Å². The Morgan fingerprint density at radius 3 is 2.30 bits per heavy atom. The van der Waals surface area contributed by atoms with Crippen molar-refractivity contribution in [2.75, 3.05) is 14.2 Å². The topological polar surface area (TPSA) is 42.5 Å². The smallest absolute Gasteiger partial charge is 0.119 e. The lowest BCUT2D eigenvalue weighted by atomic mass is 10.6. The zero-order valence-electron chi connectivity index (χ0n) is 6.13. The molecular weight excluding hydrogens is 132 g/mol. The largest absolute Gasteiger partial charge is 0.391 e. The monoisotopic (exact) mass is 144 g/mol. The Bertz CT molecular complexity index is 98.3. The summed E-state index contributed by atoms with van der Waals surface area (Å²) in [6, 6.07) is 0. The highest BCUT2D eigenvalue weighted by Gasteiger charge is 1.72. The van der Waals surface area contributed by atoms with Crippen LogP contribution in [-0.2, 0) is 9.68 Å². The molecule has 58 valence electrons. The van der Waals surface area contributed by atoms with Gasteiger partial charge in [-0.15, -0.1) is 0 Å². The van der Waals surface area contributed by atoms with Gasteiger partial charge in [-0.25, -0.2) is 11.0 Å². The van der Waals surface area contributed by atoms with Gasteiger partial charge in [0.25, 0.3) is 0 Å². The highest BCUT2D eigenvalue weighted by Crippen LogP contribution is 1.80. The van der Waals surface area contributed by atoms with E-state index in [0.717, 1.165) is 0 Å². The number of nitrogens with one attached hydrogen (secondary N) is 2. The minimum Gasteiger partial charge on any atom is -0.391 e. The zero-order valence-corrected chi connectivity index (χ0v) is 6.13. The number of allylic oxidation sites excluding steroid dienone is 2. The van der Waals surface area contributed by atoms with Gasteiger partial charge in [0.15, 0.2) is 0 Å². The van der Waals surface area contributed by atoms with Crippen LogP contribution in [0.2, 0.25) is 0 Å². The predicted molar refractivity (Wildman–Crippen MR) is 38.6 cm³/mol. The molecular formula is C6H12N2O2. The van der Waals surface area contributed by atoms with Crippen molar-refractivity contribution in [3.8, 4) is 0 Å². The molecule has 2 N–H and O–H groups in total. The van der Waals surface area contributed by atoms with Crippen molar-refractivity contribution in [3.63, 3.8) is 0 Å². The van der Waals surface area contributed by atoms with Gasteiger partial charge in [0.05, 0.1) is 7.11 Å². The molecule has 0 saturated carbocycles. The molecule has 0 bridgehead atoms. The molecule has 0 radical (unpaired) electrons. The van der Waals surface area contributed by atoms with Crippen LogP contribution in [0.5, 0.6) is 0 Å². The Labute approximate surface area is 60.4 Å². The van der Waals surface area contributed by atoms with Gasteiger partial charge in [0, 0.05) is 13.2 Å². The summed E-state index contributed by atoms with van der Waals surface area (Å²) in [5, 5.41) is 0. The molecule has 0 amide bonds. The molecule has 1 heterocycles. The Hall–Kier alpha value is -1.00. The molecule has 0 saturated heterocycles. The van der Waals surface area contributed by atoms with E-state index in [1.807, 2.05) is 6.08 Å². The quantitative estimate of drug-likeness (QED) is 0.520. The molecule has 1 rings (SSSR count). The fraction of sp³-hybridized carbons (Fsp3) is 0.333. The van der Waals surface area contributed by atoms with E-state index in [0.29, 0.717) is 0 Å². The van der Waals surface area contributed by atoms with Crippen molar-refractivity contribution < 1.29 is 9.68 Å². The van der Waals surface area contributed by atoms with E-state index in [1.54, 1.807) is 32.7 Å². The van der Waals surface area contributed by atoms with Crippen LogP contribution in [0.3, 0.4) is 0 Å². The van der Waals surface area contributed by atoms with Crippen LogP contribution in [0.15, 0.2) is 24.6 Å². The normalized spacial score (nSPS) is 12.6. The summed E-state index contributed by atoms with van der Waals surface area (Å²) < 4.78 is 0. The van der Waals surface area contributed by atoms with Gasteiger partial charge >= 0.3 is 0 Å². The highest BCUT2D eigenvalue weighted by molar-refractivity contribution is 5.00. The molecule has 0 atom stereocenters. The first kappa shape index (κ1) is 9.00. The summed E-state index contributed by atoms with van der Waals surface area (Å²) in [5.41, 5.74) is 4.95. The van der Waals surface area contributed by atoms with Crippen LogP contribution in [0.1, 0.15) is 0 Å². The van der Waals surface area contributed by atoms with Gasteiger partial charge in [0.1, 0.15) is 6.26 Å². The van der Waals surface area contributed by atoms with Crippen LogP contribution in [0, 0.1) is 0 Å². The van der Waals surface area contributed by atoms with Crippen LogP contribution in [-0.4, -0.2) is 14.2 Å². The Balaban J connectivity index is 0.000000180. The SMILES string of the molecule is C1=CNOC=C1.CNOC. The molecule has 0 aromatic heterocycles. The third-order valence-corrected chi connectivity index (χ3v) is 0.694. The van der Waals surface area contributed by atoms with E-state index < -0.39 is 0 Å². The van der Waals surface area contributed by atoms with Gasteiger partial charge in [0.2, 0.25) is 0 Å². The molecule has 1 aliphatic heterocycles. The Morgan fingerprint density at radius 1 is 1.50 bits per heavy atom. The molecule has 0 fully saturated rings. The van der Waals surface area contributed by atoms with E-state index in [2.05, 4.69) is 20.6 Å². The summed E-state index contributed by atoms with van der Waals surface area (Å²) in [7, 11) is 3.28. The number of rotatable bonds is 1. The average Bonchev–Trinajstić information content (AvgIpc) is 2.08. The van der Waals surface area contributed by atoms with Crippen molar-refractivity contribution in [2.24, 2.45) is 0 Å². The van der Waals surface area contributed by atoms with Gasteiger partial charge in [-0.1, -0.05) is 0 Å². The summed E-state index contributed by atoms with van der Waals surface area (Å²) in [5.74, 6) is 0. The average molecular weight is 144 g/mol. The van der Waals surface area contributed by atoms with Gasteiger partial charge in [-0.05, 0) is 12.2 Å². The van der Waals surface area contributed by atoms with E-state index in [-0.39, 0.29) is 0 Å². The fourth-order valence-electron chi connectivity index (χ4n) is 0.258. The third-order valence-electron chi connectivity index (χ3n) is 0.694. The zero-order chi connectivity index (χ0) is 7.66. The molecule has 0 aromatic rings. The lowest BCUT2D eigenvalue weighted by Crippen LogP contribution is -2.01. The Morgan fingerprint density at radius 2 is 2.20 bits per heavy atom. The lowest BCUT2D eigenvalue weighted by Gasteiger charge is -1.97. The maximum absolute atomic E-state index is 4.55. The molecule has 0 aliphatic carbocycles. The third kappa shape index (κ3) is 7.00. The predicted octanol–water partition coefficient (Wildman–Crippen LogP) is 0.316. The van der Waals surface area contributed by atoms with Gasteiger partial charge < -0.3 is 9.68 Å². The second kappa shape index (κ2) is 8.00. The summed E-state index contributed by atoms with van der Waals surface area (Å²) >= 11 is 0. The molecule has 10 heavy (non-hydrogen) atoms. The number of hydroxylamine groups is 2. The first-order chi connectivity index (χ1) is 4.91. The maximum Gasteiger partial charge on any atom is 0.119 e. The minimum atomic E-state index is 1.57. The van der Waals surface area contributed by atoms with Crippen LogP contribution in [0.25, 0.3) is 0 Å². The summed E-state index contributed by atoms with van der Waals surface area (Å²) in [6.45, 7) is 0. The molecule has 4 nitrogen and oxygen atoms in total. The number of hydrogen-bond acceptors (Lipinski definition) is 4. The number of hydrogen-bond donors (Lipinski definition) is 2. The maximum atomic E-state index is 4.55. The molecule has 0 spiro atoms. The van der Waals surface area contributed by atoms with Crippen molar-refractivity contribution in [3.05, 3.63) is 24.6 Å². The van der Waals surface area contributed by atoms with Crippen LogP contribution in [0.4, 0.5) is 0 Å². The Kier molecular flexibility index (Phi) is 7.20. The van der Waals surface area contributed by atoms with Crippen molar-refractivity contribution in [1.82, 2.24) is 11.0 Å². The molecule has 0 aromatic carbocycles. The van der Waals surface area contributed by atoms with E-state index in [4.69, 9.17) is 0 Å². The molecule has 1 aliphatic rings. The van der Waals surface area contributed by atoms with Gasteiger partial charge in [-0.2, -0.15) is 0 Å². The second-order valence-electron chi connectivity index (χ2n) is 1.33. The van der Waals surface area contributed by atoms with E-state index >= 15 is 0 Å². The summed E-state index contributed by atoms with van der Waals surface area (Å²) in [6.07, 6.45) is 6.93. The van der Waals surface area contributed by atoms with Gasteiger partial charge in [-0.3, -0.25) is 0 Å². The lowest BCUT2D eigenvalue weighted by molar-refractivity contribution is 0.112. The van der Waals surface area contributed by atoms with E-state index in [9.17, 15) is 0 Å². The highest BCUT2D eigenvalue weighted by atomic mass is 16.6. The van der Waals surface area contributed by atoms with Crippen molar-refractivity contribution in [2.45, 2.75) is 0 Å². The standard InChI is InChI=1S/C4H5NO.C2H7NO/c1-2-4-6-5-3-1;1-3-4-2/h1-5H;3H,1-2H3. The van der Waals surface area contributed by atoms with Crippen molar-refractivity contribution >= 4 is 0 Å².